The molecule has 2 aromatic rings. The van der Waals surface area contributed by atoms with Gasteiger partial charge in [-0.1, -0.05) is 37.3 Å². The van der Waals surface area contributed by atoms with E-state index in [9.17, 15) is 30.0 Å². The predicted octanol–water partition coefficient (Wildman–Crippen LogP) is 6.43. The second kappa shape index (κ2) is 8.79. The molecule has 2 rings (SSSR count). The molecule has 1 aromatic carbocycles. The zero-order valence-electron chi connectivity index (χ0n) is 16.7. The second-order valence-corrected chi connectivity index (χ2v) is 8.89. The summed E-state index contributed by atoms with van der Waals surface area (Å²) in [6, 6.07) is 14.1. The van der Waals surface area contributed by atoms with E-state index in [4.69, 9.17) is 9.57 Å². The van der Waals surface area contributed by atoms with Gasteiger partial charge in [0.05, 0.1) is 5.41 Å². The van der Waals surface area contributed by atoms with E-state index in [1.807, 2.05) is 63.5 Å². The molecule has 0 saturated carbocycles. The van der Waals surface area contributed by atoms with Crippen molar-refractivity contribution >= 4 is 13.8 Å². The molecule has 0 amide bonds. The average molecular weight is 459 g/mol. The van der Waals surface area contributed by atoms with Crippen LogP contribution < -0.4 is 9.57 Å². The minimum absolute atomic E-state index is 0.187. The van der Waals surface area contributed by atoms with Gasteiger partial charge in [-0.3, -0.25) is 9.63 Å². The Labute approximate surface area is 170 Å². The fraction of sp³-hybridized carbons (Fsp3) is 0.368. The Kier molecular flexibility index (Phi) is 7.53. The van der Waals surface area contributed by atoms with Crippen LogP contribution >= 0.6 is 7.81 Å². The topological polar surface area (TPSA) is 39.4 Å². The zero-order chi connectivity index (χ0) is 23.1. The van der Waals surface area contributed by atoms with Crippen molar-refractivity contribution in [3.8, 4) is 11.1 Å². The molecule has 0 spiro atoms. The molecule has 0 aliphatic rings. The van der Waals surface area contributed by atoms with Crippen molar-refractivity contribution in [2.45, 2.75) is 27.2 Å². The van der Waals surface area contributed by atoms with Crippen molar-refractivity contribution in [3.63, 3.8) is 0 Å². The van der Waals surface area contributed by atoms with Crippen LogP contribution in [0, 0.1) is 5.41 Å². The molecule has 4 nitrogen and oxygen atoms in total. The molecule has 0 aliphatic carbocycles. The molecule has 30 heavy (non-hydrogen) atoms. The number of carbonyl (C=O) groups is 1. The number of nitrogens with zero attached hydrogens (tertiary/aromatic N) is 1. The monoisotopic (exact) mass is 459 g/mol. The standard InChI is InChI=1S/C19H24NO3.F6P/c1-4-19(2,3)18(21)22-14-15-23-20-12-10-17(11-13-20)16-8-6-5-7-9-16;1-7(2,3,4,5)6/h5-13H,4,14-15H2,1-3H3;/q+1;-1. The number of pyridine rings is 1. The Hall–Kier alpha value is -2.35. The molecule has 0 radical (unpaired) electrons. The van der Waals surface area contributed by atoms with Gasteiger partial charge in [-0.25, -0.2) is 0 Å². The third-order valence-corrected chi connectivity index (χ3v) is 3.90. The van der Waals surface area contributed by atoms with Crippen molar-refractivity contribution in [2.75, 3.05) is 13.2 Å². The quantitative estimate of drug-likeness (QED) is 0.157. The van der Waals surface area contributed by atoms with Gasteiger partial charge in [0.2, 0.25) is 12.4 Å². The van der Waals surface area contributed by atoms with E-state index in [0.29, 0.717) is 6.61 Å². The predicted molar refractivity (Wildman–Crippen MR) is 102 cm³/mol. The van der Waals surface area contributed by atoms with E-state index < -0.39 is 13.2 Å². The average Bonchev–Trinajstić information content (AvgIpc) is 2.63. The molecule has 170 valence electrons. The number of hydrogen-bond donors (Lipinski definition) is 0. The van der Waals surface area contributed by atoms with Gasteiger partial charge in [-0.05, 0) is 31.4 Å². The maximum atomic E-state index is 11.8. The van der Waals surface area contributed by atoms with E-state index in [1.165, 1.54) is 0 Å². The Balaban J connectivity index is 0.000000553. The van der Waals surface area contributed by atoms with Gasteiger partial charge < -0.3 is 4.74 Å². The fourth-order valence-electron chi connectivity index (χ4n) is 1.94. The first kappa shape index (κ1) is 25.7. The van der Waals surface area contributed by atoms with Crippen molar-refractivity contribution in [1.82, 2.24) is 0 Å². The number of rotatable bonds is 7. The Morgan fingerprint density at radius 2 is 1.37 bits per heavy atom. The fourth-order valence-corrected chi connectivity index (χ4v) is 1.94. The van der Waals surface area contributed by atoms with Crippen LogP contribution in [-0.2, 0) is 9.53 Å². The first-order chi connectivity index (χ1) is 13.5. The van der Waals surface area contributed by atoms with Gasteiger partial charge >= 0.3 is 39.0 Å². The van der Waals surface area contributed by atoms with Gasteiger partial charge in [0.15, 0.2) is 6.61 Å². The number of aromatic nitrogens is 1. The van der Waals surface area contributed by atoms with E-state index in [0.717, 1.165) is 17.5 Å². The van der Waals surface area contributed by atoms with Crippen LogP contribution in [0.1, 0.15) is 27.2 Å². The summed E-state index contributed by atoms with van der Waals surface area (Å²) in [5.41, 5.74) is 1.85. The summed E-state index contributed by atoms with van der Waals surface area (Å²) in [4.78, 5) is 17.4. The molecule has 1 aromatic heterocycles. The van der Waals surface area contributed by atoms with Crippen molar-refractivity contribution < 1.29 is 44.3 Å². The first-order valence-electron chi connectivity index (χ1n) is 8.91. The van der Waals surface area contributed by atoms with Crippen molar-refractivity contribution in [2.24, 2.45) is 5.41 Å². The van der Waals surface area contributed by atoms with Crippen LogP contribution in [0.15, 0.2) is 54.9 Å². The molecule has 0 unspecified atom stereocenters. The molecule has 11 heteroatoms. The molecule has 0 saturated heterocycles. The normalized spacial score (nSPS) is 13.9. The van der Waals surface area contributed by atoms with E-state index in [2.05, 4.69) is 12.1 Å². The zero-order valence-corrected chi connectivity index (χ0v) is 17.6. The third kappa shape index (κ3) is 12.3. The van der Waals surface area contributed by atoms with Crippen LogP contribution in [0.4, 0.5) is 25.2 Å². The number of halogens is 6. The number of hydrogen-bond acceptors (Lipinski definition) is 3. The van der Waals surface area contributed by atoms with E-state index in [-0.39, 0.29) is 12.6 Å². The summed E-state index contributed by atoms with van der Waals surface area (Å²) in [6.07, 6.45) is 4.45. The summed E-state index contributed by atoms with van der Waals surface area (Å²) >= 11 is 0. The summed E-state index contributed by atoms with van der Waals surface area (Å²) in [5, 5.41) is 0. The number of ether oxygens (including phenoxy) is 1. The minimum atomic E-state index is -10.7. The summed E-state index contributed by atoms with van der Waals surface area (Å²) < 4.78 is 66.0. The maximum absolute atomic E-state index is 11.8. The molecular formula is C19H24F6NO3P. The molecule has 0 N–H and O–H groups in total. The van der Waals surface area contributed by atoms with Crippen molar-refractivity contribution in [1.29, 1.82) is 0 Å². The van der Waals surface area contributed by atoms with Gasteiger partial charge in [0.1, 0.15) is 6.61 Å². The molecule has 0 fully saturated rings. The Morgan fingerprint density at radius 3 is 1.83 bits per heavy atom. The van der Waals surface area contributed by atoms with E-state index in [1.54, 1.807) is 4.73 Å². The van der Waals surface area contributed by atoms with Gasteiger partial charge in [0.25, 0.3) is 0 Å². The van der Waals surface area contributed by atoms with Crippen molar-refractivity contribution in [3.05, 3.63) is 54.9 Å². The molecule has 0 bridgehead atoms. The first-order valence-corrected chi connectivity index (χ1v) is 10.9. The summed E-state index contributed by atoms with van der Waals surface area (Å²) in [6.45, 7) is 6.30. The summed E-state index contributed by atoms with van der Waals surface area (Å²) in [7, 11) is -10.7. The van der Waals surface area contributed by atoms with Gasteiger partial charge in [-0.2, -0.15) is 0 Å². The second-order valence-electron chi connectivity index (χ2n) is 6.98. The molecule has 0 aliphatic heterocycles. The third-order valence-electron chi connectivity index (χ3n) is 3.90. The van der Waals surface area contributed by atoms with Crippen LogP contribution in [0.25, 0.3) is 11.1 Å². The van der Waals surface area contributed by atoms with Crippen LogP contribution in [0.5, 0.6) is 0 Å². The van der Waals surface area contributed by atoms with E-state index >= 15 is 0 Å². The Bertz CT molecular complexity index is 814. The molecule has 1 heterocycles. The van der Waals surface area contributed by atoms with Crippen LogP contribution in [0.3, 0.4) is 0 Å². The molecule has 0 atom stereocenters. The van der Waals surface area contributed by atoms with Crippen LogP contribution in [0.2, 0.25) is 0 Å². The number of carbonyl (C=O) groups excluding carboxylic acids is 1. The number of esters is 1. The number of benzene rings is 1. The summed E-state index contributed by atoms with van der Waals surface area (Å²) in [5.74, 6) is -0.187. The SMILES string of the molecule is CCC(C)(C)C(=O)OCCO[n+]1ccc(-c2ccccc2)cc1.F[P-](F)(F)(F)(F)F. The van der Waals surface area contributed by atoms with Crippen LogP contribution in [-0.4, -0.2) is 19.2 Å². The Morgan fingerprint density at radius 1 is 0.900 bits per heavy atom. The van der Waals surface area contributed by atoms with Gasteiger partial charge in [0, 0.05) is 16.9 Å². The molecular weight excluding hydrogens is 435 g/mol. The van der Waals surface area contributed by atoms with Gasteiger partial charge in [-0.15, -0.1) is 0 Å².